The summed E-state index contributed by atoms with van der Waals surface area (Å²) in [4.78, 5) is 0. The van der Waals surface area contributed by atoms with Gasteiger partial charge in [0, 0.05) is 0 Å². The number of ether oxygens (including phenoxy) is 1. The lowest BCUT2D eigenvalue weighted by molar-refractivity contribution is 0.119. The molecule has 70 valence electrons. The summed E-state index contributed by atoms with van der Waals surface area (Å²) in [7, 11) is 0. The first-order valence-corrected chi connectivity index (χ1v) is 3.74. The highest BCUT2D eigenvalue weighted by Gasteiger charge is 2.07. The Hall–Kier alpha value is -1.45. The molecule has 0 atom stereocenters. The summed E-state index contributed by atoms with van der Waals surface area (Å²) in [5.41, 5.74) is 0.845. The van der Waals surface area contributed by atoms with Crippen LogP contribution in [0.4, 0.5) is 0 Å². The molecule has 13 heavy (non-hydrogen) atoms. The van der Waals surface area contributed by atoms with Gasteiger partial charge in [-0.1, -0.05) is 10.3 Å². The molecule has 1 N–H and O–H groups in total. The zero-order valence-corrected chi connectivity index (χ0v) is 6.93. The molecule has 0 aliphatic carbocycles. The van der Waals surface area contributed by atoms with Crippen molar-refractivity contribution in [2.24, 2.45) is 0 Å². The van der Waals surface area contributed by atoms with Crippen LogP contribution in [0.15, 0.2) is 4.63 Å². The third-order valence-corrected chi connectivity index (χ3v) is 1.38. The molecule has 1 aromatic heterocycles. The molecule has 0 spiro atoms. The molecule has 0 saturated heterocycles. The molecule has 0 unspecified atom stereocenters. The molecule has 0 amide bonds. The van der Waals surface area contributed by atoms with Gasteiger partial charge < -0.3 is 9.84 Å². The van der Waals surface area contributed by atoms with Gasteiger partial charge in [0.05, 0.1) is 32.3 Å². The number of rotatable bonds is 5. The second-order valence-corrected chi connectivity index (χ2v) is 2.28. The van der Waals surface area contributed by atoms with Gasteiger partial charge in [-0.05, 0) is 0 Å². The fourth-order valence-corrected chi connectivity index (χ4v) is 0.741. The Kier molecular flexibility index (Phi) is 3.88. The Morgan fingerprint density at radius 2 is 2.23 bits per heavy atom. The summed E-state index contributed by atoms with van der Waals surface area (Å²) in [6, 6.07) is 1.94. The van der Waals surface area contributed by atoms with Crippen LogP contribution in [0.3, 0.4) is 0 Å². The molecule has 1 rings (SSSR count). The van der Waals surface area contributed by atoms with Gasteiger partial charge in [0.1, 0.15) is 11.4 Å². The molecule has 0 bridgehead atoms. The molecule has 0 saturated carbocycles. The van der Waals surface area contributed by atoms with E-state index < -0.39 is 0 Å². The number of nitrogens with zero attached hydrogens (tertiary/aromatic N) is 3. The number of aliphatic hydroxyl groups excluding tert-OH is 1. The topological polar surface area (TPSA) is 92.2 Å². The van der Waals surface area contributed by atoms with E-state index in [9.17, 15) is 0 Å². The van der Waals surface area contributed by atoms with Gasteiger partial charge in [0.15, 0.2) is 0 Å². The van der Waals surface area contributed by atoms with Gasteiger partial charge >= 0.3 is 0 Å². The average Bonchev–Trinajstić information content (AvgIpc) is 2.60. The normalized spacial score (nSPS) is 9.85. The standard InChI is InChI=1S/C7H9N3O3/c8-2-1-3-12-5-7-6(4-11)9-13-10-7/h11H,1,3-5H2. The van der Waals surface area contributed by atoms with E-state index in [2.05, 4.69) is 14.9 Å². The van der Waals surface area contributed by atoms with E-state index in [4.69, 9.17) is 15.1 Å². The lowest BCUT2D eigenvalue weighted by atomic mass is 10.3. The molecule has 0 fully saturated rings. The second kappa shape index (κ2) is 5.24. The number of aromatic nitrogens is 2. The van der Waals surface area contributed by atoms with Crippen molar-refractivity contribution < 1.29 is 14.5 Å². The SMILES string of the molecule is N#CCCOCc1nonc1CO. The predicted molar refractivity (Wildman–Crippen MR) is 40.1 cm³/mol. The molecular weight excluding hydrogens is 174 g/mol. The quantitative estimate of drug-likeness (QED) is 0.645. The van der Waals surface area contributed by atoms with Crippen molar-refractivity contribution in [1.82, 2.24) is 10.3 Å². The van der Waals surface area contributed by atoms with Crippen LogP contribution in [-0.2, 0) is 18.0 Å². The van der Waals surface area contributed by atoms with Crippen LogP contribution in [0.1, 0.15) is 17.8 Å². The smallest absolute Gasteiger partial charge is 0.136 e. The molecule has 6 nitrogen and oxygen atoms in total. The summed E-state index contributed by atoms with van der Waals surface area (Å²) in [5.74, 6) is 0. The first-order valence-electron chi connectivity index (χ1n) is 3.74. The third-order valence-electron chi connectivity index (χ3n) is 1.38. The molecule has 0 aliphatic heterocycles. The Bertz CT molecular complexity index is 291. The van der Waals surface area contributed by atoms with Gasteiger partial charge in [-0.2, -0.15) is 5.26 Å². The highest BCUT2D eigenvalue weighted by atomic mass is 16.6. The lowest BCUT2D eigenvalue weighted by Gasteiger charge is -1.97. The van der Waals surface area contributed by atoms with Gasteiger partial charge in [-0.25, -0.2) is 4.63 Å². The maximum Gasteiger partial charge on any atom is 0.136 e. The van der Waals surface area contributed by atoms with Crippen molar-refractivity contribution in [3.8, 4) is 6.07 Å². The first-order chi connectivity index (χ1) is 6.38. The van der Waals surface area contributed by atoms with Crippen LogP contribution in [0.5, 0.6) is 0 Å². The number of hydrogen-bond acceptors (Lipinski definition) is 6. The minimum absolute atomic E-state index is 0.209. The maximum absolute atomic E-state index is 8.74. The Morgan fingerprint density at radius 3 is 2.92 bits per heavy atom. The maximum atomic E-state index is 8.74. The monoisotopic (exact) mass is 183 g/mol. The van der Waals surface area contributed by atoms with Crippen molar-refractivity contribution >= 4 is 0 Å². The fraction of sp³-hybridized carbons (Fsp3) is 0.571. The van der Waals surface area contributed by atoms with Gasteiger partial charge in [-0.15, -0.1) is 0 Å². The van der Waals surface area contributed by atoms with Crippen molar-refractivity contribution in [3.63, 3.8) is 0 Å². The van der Waals surface area contributed by atoms with Gasteiger partial charge in [0.2, 0.25) is 0 Å². The average molecular weight is 183 g/mol. The van der Waals surface area contributed by atoms with Crippen LogP contribution in [-0.4, -0.2) is 22.0 Å². The highest BCUT2D eigenvalue weighted by molar-refractivity contribution is 5.04. The van der Waals surface area contributed by atoms with Crippen molar-refractivity contribution in [1.29, 1.82) is 5.26 Å². The molecule has 0 aromatic carbocycles. The molecule has 0 aliphatic rings. The molecule has 0 radical (unpaired) electrons. The van der Waals surface area contributed by atoms with Crippen LogP contribution >= 0.6 is 0 Å². The van der Waals surface area contributed by atoms with E-state index in [0.717, 1.165) is 0 Å². The summed E-state index contributed by atoms with van der Waals surface area (Å²) in [6.45, 7) is 0.329. The second-order valence-electron chi connectivity index (χ2n) is 2.28. The number of nitriles is 1. The number of hydrogen-bond donors (Lipinski definition) is 1. The summed E-state index contributed by atoms with van der Waals surface area (Å²) < 4.78 is 9.45. The van der Waals surface area contributed by atoms with E-state index in [0.29, 0.717) is 24.4 Å². The van der Waals surface area contributed by atoms with E-state index in [1.165, 1.54) is 0 Å². The summed E-state index contributed by atoms with van der Waals surface area (Å²) >= 11 is 0. The highest BCUT2D eigenvalue weighted by Crippen LogP contribution is 2.03. The third kappa shape index (κ3) is 2.82. The van der Waals surface area contributed by atoms with Crippen LogP contribution in [0, 0.1) is 11.3 Å². The lowest BCUT2D eigenvalue weighted by Crippen LogP contribution is -1.98. The fourth-order valence-electron chi connectivity index (χ4n) is 0.741. The van der Waals surface area contributed by atoms with Crippen LogP contribution in [0.25, 0.3) is 0 Å². The summed E-state index contributed by atoms with van der Waals surface area (Å²) in [5, 5.41) is 23.9. The predicted octanol–water partition coefficient (Wildman–Crippen LogP) is -0.00782. The zero-order valence-electron chi connectivity index (χ0n) is 6.93. The largest absolute Gasteiger partial charge is 0.390 e. The Morgan fingerprint density at radius 1 is 1.46 bits per heavy atom. The zero-order chi connectivity index (χ0) is 9.52. The van der Waals surface area contributed by atoms with E-state index in [-0.39, 0.29) is 13.2 Å². The van der Waals surface area contributed by atoms with Gasteiger partial charge in [-0.3, -0.25) is 0 Å². The van der Waals surface area contributed by atoms with E-state index >= 15 is 0 Å². The van der Waals surface area contributed by atoms with Crippen LogP contribution in [0.2, 0.25) is 0 Å². The van der Waals surface area contributed by atoms with Crippen LogP contribution < -0.4 is 0 Å². The minimum Gasteiger partial charge on any atom is -0.390 e. The van der Waals surface area contributed by atoms with Crippen molar-refractivity contribution in [3.05, 3.63) is 11.4 Å². The molecule has 1 aromatic rings. The van der Waals surface area contributed by atoms with Crippen molar-refractivity contribution in [2.45, 2.75) is 19.6 Å². The first kappa shape index (κ1) is 9.64. The summed E-state index contributed by atoms with van der Waals surface area (Å²) in [6.07, 6.45) is 0.333. The minimum atomic E-state index is -0.222. The van der Waals surface area contributed by atoms with Gasteiger partial charge in [0.25, 0.3) is 0 Å². The molecular formula is C7H9N3O3. The Balaban J connectivity index is 2.32. The molecule has 1 heterocycles. The van der Waals surface area contributed by atoms with E-state index in [1.807, 2.05) is 6.07 Å². The van der Waals surface area contributed by atoms with Crippen molar-refractivity contribution in [2.75, 3.05) is 6.61 Å². The van der Waals surface area contributed by atoms with E-state index in [1.54, 1.807) is 0 Å². The Labute approximate surface area is 74.7 Å². The number of aliphatic hydroxyl groups is 1. The molecule has 6 heteroatoms.